The van der Waals surface area contributed by atoms with E-state index in [2.05, 4.69) is 10.3 Å². The molecular weight excluding hydrogens is 478 g/mol. The Morgan fingerprint density at radius 3 is 2.73 bits per heavy atom. The number of hydrogen-bond acceptors (Lipinski definition) is 5. The maximum Gasteiger partial charge on any atom is 0.268 e. The molecule has 37 heavy (non-hydrogen) atoms. The number of amides is 2. The van der Waals surface area contributed by atoms with Crippen molar-refractivity contribution < 1.29 is 22.8 Å². The van der Waals surface area contributed by atoms with Crippen molar-refractivity contribution in [2.24, 2.45) is 0 Å². The van der Waals surface area contributed by atoms with Crippen molar-refractivity contribution in [1.29, 1.82) is 5.26 Å². The number of nitrogens with one attached hydrogen (secondary N) is 1. The SMILES string of the molecule is Cc1coc2cc(/C=C/c3ccc4nccc(C(=O)NCC(=O)N5CC(F)(F)C[C@H]5C#N)c4c3)ccc12. The van der Waals surface area contributed by atoms with Gasteiger partial charge in [-0.15, -0.1) is 0 Å². The Hall–Kier alpha value is -4.58. The fourth-order valence-corrected chi connectivity index (χ4v) is 4.49. The van der Waals surface area contributed by atoms with Crippen LogP contribution in [0.15, 0.2) is 59.3 Å². The first-order valence-corrected chi connectivity index (χ1v) is 11.6. The van der Waals surface area contributed by atoms with Crippen LogP contribution < -0.4 is 5.32 Å². The highest BCUT2D eigenvalue weighted by Crippen LogP contribution is 2.31. The van der Waals surface area contributed by atoms with Gasteiger partial charge in [-0.1, -0.05) is 30.4 Å². The molecule has 0 spiro atoms. The maximum atomic E-state index is 13.7. The fraction of sp³-hybridized carbons (Fsp3) is 0.214. The average molecular weight is 501 g/mol. The van der Waals surface area contributed by atoms with E-state index in [1.165, 1.54) is 12.3 Å². The standard InChI is InChI=1S/C28H22F2N4O3/c1-17-15-37-25-11-19(4-6-21(17)25)3-2-18-5-7-24-23(10-18)22(8-9-32-24)27(36)33-14-26(35)34-16-28(29,30)12-20(34)13-31/h2-11,15,20H,12,14,16H2,1H3,(H,33,36)/b3-2+/t20-/m0/s1. The molecule has 2 amide bonds. The summed E-state index contributed by atoms with van der Waals surface area (Å²) in [6, 6.07) is 13.5. The minimum absolute atomic E-state index is 0.295. The summed E-state index contributed by atoms with van der Waals surface area (Å²) in [7, 11) is 0. The summed E-state index contributed by atoms with van der Waals surface area (Å²) in [6.07, 6.45) is 6.34. The second-order valence-corrected chi connectivity index (χ2v) is 9.05. The Morgan fingerprint density at radius 1 is 1.19 bits per heavy atom. The molecule has 9 heteroatoms. The molecule has 1 fully saturated rings. The van der Waals surface area contributed by atoms with E-state index in [0.717, 1.165) is 32.6 Å². The summed E-state index contributed by atoms with van der Waals surface area (Å²) in [5.41, 5.74) is 4.54. The van der Waals surface area contributed by atoms with Crippen LogP contribution in [0, 0.1) is 18.3 Å². The second-order valence-electron chi connectivity index (χ2n) is 9.05. The van der Waals surface area contributed by atoms with Gasteiger partial charge in [0.25, 0.3) is 11.8 Å². The van der Waals surface area contributed by atoms with E-state index in [1.807, 2.05) is 49.4 Å². The highest BCUT2D eigenvalue weighted by atomic mass is 19.3. The Labute approximate surface area is 211 Å². The lowest BCUT2D eigenvalue weighted by Gasteiger charge is -2.19. The Kier molecular flexibility index (Phi) is 6.17. The molecule has 1 saturated heterocycles. The van der Waals surface area contributed by atoms with Gasteiger partial charge in [0.15, 0.2) is 0 Å². The number of pyridine rings is 1. The number of rotatable bonds is 5. The number of likely N-dealkylation sites (tertiary alicyclic amines) is 1. The Morgan fingerprint density at radius 2 is 1.95 bits per heavy atom. The zero-order valence-corrected chi connectivity index (χ0v) is 19.9. The van der Waals surface area contributed by atoms with E-state index >= 15 is 0 Å². The van der Waals surface area contributed by atoms with E-state index in [0.29, 0.717) is 16.5 Å². The van der Waals surface area contributed by atoms with Crippen LogP contribution in [0.1, 0.15) is 33.5 Å². The number of benzene rings is 2. The molecule has 5 rings (SSSR count). The zero-order valence-electron chi connectivity index (χ0n) is 19.9. The third-order valence-electron chi connectivity index (χ3n) is 6.41. The topological polar surface area (TPSA) is 99.2 Å². The van der Waals surface area contributed by atoms with Crippen LogP contribution in [0.2, 0.25) is 0 Å². The average Bonchev–Trinajstić information content (AvgIpc) is 3.43. The van der Waals surface area contributed by atoms with Gasteiger partial charge in [0, 0.05) is 23.4 Å². The van der Waals surface area contributed by atoms with Gasteiger partial charge in [-0.2, -0.15) is 5.26 Å². The quantitative estimate of drug-likeness (QED) is 0.391. The van der Waals surface area contributed by atoms with Gasteiger partial charge >= 0.3 is 0 Å². The van der Waals surface area contributed by atoms with E-state index in [-0.39, 0.29) is 0 Å². The van der Waals surface area contributed by atoms with E-state index in [4.69, 9.17) is 9.68 Å². The predicted octanol–water partition coefficient (Wildman–Crippen LogP) is 4.95. The number of aromatic nitrogens is 1. The summed E-state index contributed by atoms with van der Waals surface area (Å²) in [6.45, 7) is 0.660. The number of aryl methyl sites for hydroxylation is 1. The number of halogens is 2. The monoisotopic (exact) mass is 500 g/mol. The van der Waals surface area contributed by atoms with Crippen LogP contribution in [0.3, 0.4) is 0 Å². The lowest BCUT2D eigenvalue weighted by molar-refractivity contribution is -0.131. The second kappa shape index (κ2) is 9.47. The van der Waals surface area contributed by atoms with Gasteiger partial charge in [0.2, 0.25) is 5.91 Å². The van der Waals surface area contributed by atoms with Crippen LogP contribution in [-0.4, -0.2) is 46.8 Å². The van der Waals surface area contributed by atoms with Crippen molar-refractivity contribution in [2.45, 2.75) is 25.3 Å². The molecule has 0 unspecified atom stereocenters. The molecular formula is C28H22F2N4O3. The molecule has 4 aromatic rings. The third-order valence-corrected chi connectivity index (χ3v) is 6.41. The first kappa shape index (κ1) is 24.1. The van der Waals surface area contributed by atoms with Crippen molar-refractivity contribution in [2.75, 3.05) is 13.1 Å². The number of furan rings is 1. The summed E-state index contributed by atoms with van der Waals surface area (Å²) in [5.74, 6) is -4.39. The molecule has 1 N–H and O–H groups in total. The minimum Gasteiger partial charge on any atom is -0.464 e. The number of alkyl halides is 2. The molecule has 7 nitrogen and oxygen atoms in total. The molecule has 2 aromatic heterocycles. The highest BCUT2D eigenvalue weighted by Gasteiger charge is 2.47. The maximum absolute atomic E-state index is 13.7. The minimum atomic E-state index is -3.12. The summed E-state index contributed by atoms with van der Waals surface area (Å²) < 4.78 is 32.9. The number of carbonyl (C=O) groups excluding carboxylic acids is 2. The molecule has 0 aliphatic carbocycles. The van der Waals surface area contributed by atoms with Crippen LogP contribution in [0.25, 0.3) is 34.0 Å². The van der Waals surface area contributed by atoms with Gasteiger partial charge in [-0.25, -0.2) is 8.78 Å². The van der Waals surface area contributed by atoms with Gasteiger partial charge in [0.05, 0.1) is 36.5 Å². The molecule has 1 aliphatic heterocycles. The third kappa shape index (κ3) is 4.91. The zero-order chi connectivity index (χ0) is 26.2. The number of hydrogen-bond donors (Lipinski definition) is 1. The van der Waals surface area contributed by atoms with Crippen molar-refractivity contribution in [3.05, 3.63) is 77.2 Å². The predicted molar refractivity (Wildman–Crippen MR) is 135 cm³/mol. The van der Waals surface area contributed by atoms with Gasteiger partial charge in [-0.05, 0) is 47.9 Å². The van der Waals surface area contributed by atoms with Gasteiger partial charge < -0.3 is 14.6 Å². The number of fused-ring (bicyclic) bond motifs is 2. The first-order chi connectivity index (χ1) is 17.7. The fourth-order valence-electron chi connectivity index (χ4n) is 4.49. The number of nitrogens with zero attached hydrogens (tertiary/aromatic N) is 3. The van der Waals surface area contributed by atoms with E-state index in [1.54, 1.807) is 18.4 Å². The molecule has 186 valence electrons. The van der Waals surface area contributed by atoms with Crippen molar-refractivity contribution in [1.82, 2.24) is 15.2 Å². The van der Waals surface area contributed by atoms with Gasteiger partial charge in [-0.3, -0.25) is 14.6 Å². The van der Waals surface area contributed by atoms with Crippen molar-refractivity contribution in [3.8, 4) is 6.07 Å². The van der Waals surface area contributed by atoms with Crippen LogP contribution >= 0.6 is 0 Å². The van der Waals surface area contributed by atoms with Crippen LogP contribution in [-0.2, 0) is 4.79 Å². The highest BCUT2D eigenvalue weighted by molar-refractivity contribution is 6.07. The van der Waals surface area contributed by atoms with E-state index in [9.17, 15) is 18.4 Å². The molecule has 3 heterocycles. The molecule has 0 bridgehead atoms. The molecule has 1 aliphatic rings. The smallest absolute Gasteiger partial charge is 0.268 e. The van der Waals surface area contributed by atoms with Gasteiger partial charge in [0.1, 0.15) is 11.6 Å². The van der Waals surface area contributed by atoms with Crippen LogP contribution in [0.4, 0.5) is 8.78 Å². The number of nitriles is 1. The Bertz CT molecular complexity index is 1600. The lowest BCUT2D eigenvalue weighted by atomic mass is 10.0. The largest absolute Gasteiger partial charge is 0.464 e. The molecule has 1 atom stereocenters. The van der Waals surface area contributed by atoms with Crippen molar-refractivity contribution in [3.63, 3.8) is 0 Å². The normalized spacial score (nSPS) is 16.9. The Balaban J connectivity index is 1.33. The lowest BCUT2D eigenvalue weighted by Crippen LogP contribution is -2.43. The molecule has 2 aromatic carbocycles. The first-order valence-electron chi connectivity index (χ1n) is 11.6. The summed E-state index contributed by atoms with van der Waals surface area (Å²) >= 11 is 0. The summed E-state index contributed by atoms with van der Waals surface area (Å²) in [4.78, 5) is 30.5. The molecule has 0 radical (unpaired) electrons. The number of carbonyl (C=O) groups is 2. The summed E-state index contributed by atoms with van der Waals surface area (Å²) in [5, 5.41) is 13.2. The van der Waals surface area contributed by atoms with E-state index < -0.39 is 43.3 Å². The van der Waals surface area contributed by atoms with Crippen molar-refractivity contribution >= 4 is 45.8 Å². The van der Waals surface area contributed by atoms with Crippen LogP contribution in [0.5, 0.6) is 0 Å². The molecule has 0 saturated carbocycles.